The van der Waals surface area contributed by atoms with Crippen molar-refractivity contribution in [3.05, 3.63) is 58.6 Å². The smallest absolute Gasteiger partial charge is 0.0809 e. The largest absolute Gasteiger partial charge is 0.378 e. The first-order valence-corrected chi connectivity index (χ1v) is 7.68. The topological polar surface area (TPSA) is 24.9 Å². The van der Waals surface area contributed by atoms with Crippen LogP contribution in [0.2, 0.25) is 0 Å². The molecule has 0 aliphatic heterocycles. The van der Waals surface area contributed by atoms with Crippen molar-refractivity contribution in [2.75, 3.05) is 5.32 Å². The number of anilines is 1. The molecule has 3 heteroatoms. The van der Waals surface area contributed by atoms with Crippen molar-refractivity contribution < 1.29 is 0 Å². The van der Waals surface area contributed by atoms with E-state index in [1.165, 1.54) is 21.4 Å². The van der Waals surface area contributed by atoms with Gasteiger partial charge in [0.2, 0.25) is 0 Å². The molecule has 1 aromatic carbocycles. The van der Waals surface area contributed by atoms with Gasteiger partial charge in [-0.1, -0.05) is 6.07 Å². The van der Waals surface area contributed by atoms with E-state index in [4.69, 9.17) is 0 Å². The van der Waals surface area contributed by atoms with Crippen molar-refractivity contribution in [2.45, 2.75) is 26.8 Å². The summed E-state index contributed by atoms with van der Waals surface area (Å²) in [5.41, 5.74) is 6.10. The van der Waals surface area contributed by atoms with Gasteiger partial charge in [-0.2, -0.15) is 0 Å². The van der Waals surface area contributed by atoms with Crippen LogP contribution in [0.4, 0.5) is 5.69 Å². The van der Waals surface area contributed by atoms with Gasteiger partial charge in [-0.05, 0) is 67.1 Å². The van der Waals surface area contributed by atoms with E-state index >= 15 is 0 Å². The van der Waals surface area contributed by atoms with Gasteiger partial charge in [0.05, 0.1) is 16.3 Å². The lowest BCUT2D eigenvalue weighted by Gasteiger charge is -2.16. The van der Waals surface area contributed by atoms with Crippen molar-refractivity contribution in [3.8, 4) is 0 Å². The first-order valence-electron chi connectivity index (χ1n) is 6.80. The number of nitrogens with zero attached hydrogens (tertiary/aromatic N) is 1. The molecule has 0 bridgehead atoms. The third-order valence-electron chi connectivity index (χ3n) is 3.71. The number of fused-ring (bicyclic) bond motifs is 1. The second-order valence-electron chi connectivity index (χ2n) is 5.24. The first-order chi connectivity index (χ1) is 9.63. The standard InChI is InChI=1S/C17H18N2S/c1-11-4-5-15(8-12(11)2)19-13(3)14-9-17-16(18-10-14)6-7-20-17/h4-10,13,19H,1-3H3. The number of aromatic nitrogens is 1. The quantitative estimate of drug-likeness (QED) is 0.724. The van der Waals surface area contributed by atoms with Crippen LogP contribution in [0.1, 0.15) is 29.7 Å². The van der Waals surface area contributed by atoms with Crippen molar-refractivity contribution in [1.82, 2.24) is 4.98 Å². The molecule has 2 aromatic heterocycles. The highest BCUT2D eigenvalue weighted by molar-refractivity contribution is 7.17. The average Bonchev–Trinajstić information content (AvgIpc) is 2.90. The lowest BCUT2D eigenvalue weighted by Crippen LogP contribution is -2.07. The molecule has 102 valence electrons. The molecule has 1 atom stereocenters. The molecule has 0 aliphatic carbocycles. The van der Waals surface area contributed by atoms with Crippen molar-refractivity contribution >= 4 is 27.2 Å². The normalized spacial score (nSPS) is 12.6. The summed E-state index contributed by atoms with van der Waals surface area (Å²) in [7, 11) is 0. The van der Waals surface area contributed by atoms with Crippen molar-refractivity contribution in [1.29, 1.82) is 0 Å². The van der Waals surface area contributed by atoms with E-state index in [2.05, 4.69) is 66.8 Å². The van der Waals surface area contributed by atoms with Crippen LogP contribution in [-0.4, -0.2) is 4.98 Å². The molecular weight excluding hydrogens is 264 g/mol. The van der Waals surface area contributed by atoms with Gasteiger partial charge in [-0.25, -0.2) is 0 Å². The number of aryl methyl sites for hydroxylation is 2. The fourth-order valence-electron chi connectivity index (χ4n) is 2.26. The summed E-state index contributed by atoms with van der Waals surface area (Å²) >= 11 is 1.74. The highest BCUT2D eigenvalue weighted by Crippen LogP contribution is 2.25. The Labute approximate surface area is 123 Å². The van der Waals surface area contributed by atoms with Gasteiger partial charge >= 0.3 is 0 Å². The molecule has 2 nitrogen and oxygen atoms in total. The second-order valence-corrected chi connectivity index (χ2v) is 6.19. The third-order valence-corrected chi connectivity index (χ3v) is 4.57. The SMILES string of the molecule is Cc1ccc(NC(C)c2cnc3ccsc3c2)cc1C. The summed E-state index contributed by atoms with van der Waals surface area (Å²) in [4.78, 5) is 4.51. The Hall–Kier alpha value is -1.87. The molecule has 2 heterocycles. The van der Waals surface area contributed by atoms with Gasteiger partial charge in [0.1, 0.15) is 0 Å². The minimum atomic E-state index is 0.246. The van der Waals surface area contributed by atoms with Gasteiger partial charge in [0, 0.05) is 11.9 Å². The third kappa shape index (κ3) is 2.54. The summed E-state index contributed by atoms with van der Waals surface area (Å²) < 4.78 is 1.25. The maximum absolute atomic E-state index is 4.51. The fourth-order valence-corrected chi connectivity index (χ4v) is 3.05. The molecule has 0 saturated carbocycles. The zero-order chi connectivity index (χ0) is 14.1. The maximum Gasteiger partial charge on any atom is 0.0809 e. The predicted molar refractivity (Wildman–Crippen MR) is 87.6 cm³/mol. The molecule has 1 unspecified atom stereocenters. The van der Waals surface area contributed by atoms with Crippen LogP contribution in [-0.2, 0) is 0 Å². The number of nitrogens with one attached hydrogen (secondary N) is 1. The van der Waals surface area contributed by atoms with Gasteiger partial charge in [-0.15, -0.1) is 11.3 Å². The van der Waals surface area contributed by atoms with E-state index < -0.39 is 0 Å². The van der Waals surface area contributed by atoms with E-state index in [9.17, 15) is 0 Å². The van der Waals surface area contributed by atoms with Crippen LogP contribution in [0.3, 0.4) is 0 Å². The Morgan fingerprint density at radius 1 is 1.10 bits per heavy atom. The van der Waals surface area contributed by atoms with E-state index in [-0.39, 0.29) is 6.04 Å². The summed E-state index contributed by atoms with van der Waals surface area (Å²) in [6, 6.07) is 11.0. The highest BCUT2D eigenvalue weighted by Gasteiger charge is 2.08. The van der Waals surface area contributed by atoms with Gasteiger partial charge in [-0.3, -0.25) is 4.98 Å². The van der Waals surface area contributed by atoms with Gasteiger partial charge in [0.15, 0.2) is 0 Å². The van der Waals surface area contributed by atoms with Gasteiger partial charge < -0.3 is 5.32 Å². The van der Waals surface area contributed by atoms with E-state index in [1.54, 1.807) is 11.3 Å². The Morgan fingerprint density at radius 2 is 1.95 bits per heavy atom. The van der Waals surface area contributed by atoms with Crippen LogP contribution >= 0.6 is 11.3 Å². The van der Waals surface area contributed by atoms with Crippen LogP contribution in [0.15, 0.2) is 41.9 Å². The predicted octanol–water partition coefficient (Wildman–Crippen LogP) is 5.09. The number of thiophene rings is 1. The second kappa shape index (κ2) is 5.25. The lowest BCUT2D eigenvalue weighted by molar-refractivity contribution is 0.880. The van der Waals surface area contributed by atoms with E-state index in [1.807, 2.05) is 6.20 Å². The fraction of sp³-hybridized carbons (Fsp3) is 0.235. The molecule has 20 heavy (non-hydrogen) atoms. The molecule has 0 saturated heterocycles. The molecule has 0 aliphatic rings. The first kappa shape index (κ1) is 13.1. The van der Waals surface area contributed by atoms with E-state index in [0.717, 1.165) is 11.2 Å². The molecule has 0 radical (unpaired) electrons. The number of pyridine rings is 1. The van der Waals surface area contributed by atoms with Crippen LogP contribution in [0.5, 0.6) is 0 Å². The average molecular weight is 282 g/mol. The minimum Gasteiger partial charge on any atom is -0.378 e. The van der Waals surface area contributed by atoms with Gasteiger partial charge in [0.25, 0.3) is 0 Å². The summed E-state index contributed by atoms with van der Waals surface area (Å²) in [5.74, 6) is 0. The van der Waals surface area contributed by atoms with Crippen molar-refractivity contribution in [3.63, 3.8) is 0 Å². The maximum atomic E-state index is 4.51. The monoisotopic (exact) mass is 282 g/mol. The molecule has 3 aromatic rings. The van der Waals surface area contributed by atoms with Crippen molar-refractivity contribution in [2.24, 2.45) is 0 Å². The molecule has 1 N–H and O–H groups in total. The number of benzene rings is 1. The van der Waals surface area contributed by atoms with Crippen LogP contribution in [0.25, 0.3) is 10.2 Å². The summed E-state index contributed by atoms with van der Waals surface area (Å²) in [5, 5.41) is 5.63. The van der Waals surface area contributed by atoms with Crippen LogP contribution in [0, 0.1) is 13.8 Å². The molecule has 0 spiro atoms. The Kier molecular flexibility index (Phi) is 3.45. The number of hydrogen-bond donors (Lipinski definition) is 1. The Bertz CT molecular complexity index is 746. The minimum absolute atomic E-state index is 0.246. The zero-order valence-corrected chi connectivity index (χ0v) is 12.8. The number of hydrogen-bond acceptors (Lipinski definition) is 3. The summed E-state index contributed by atoms with van der Waals surface area (Å²) in [6.07, 6.45) is 1.97. The Morgan fingerprint density at radius 3 is 2.75 bits per heavy atom. The molecular formula is C17H18N2S. The molecule has 0 amide bonds. The van der Waals surface area contributed by atoms with Crippen LogP contribution < -0.4 is 5.32 Å². The molecule has 0 fully saturated rings. The summed E-state index contributed by atoms with van der Waals surface area (Å²) in [6.45, 7) is 6.45. The molecule has 3 rings (SSSR count). The number of rotatable bonds is 3. The highest BCUT2D eigenvalue weighted by atomic mass is 32.1. The van der Waals surface area contributed by atoms with E-state index in [0.29, 0.717) is 0 Å². The Balaban J connectivity index is 1.84. The lowest BCUT2D eigenvalue weighted by atomic mass is 10.1. The zero-order valence-electron chi connectivity index (χ0n) is 12.0.